The van der Waals surface area contributed by atoms with Crippen LogP contribution in [0.5, 0.6) is 0 Å². The highest BCUT2D eigenvalue weighted by Gasteiger charge is 2.27. The molecule has 0 atom stereocenters. The van der Waals surface area contributed by atoms with Crippen molar-refractivity contribution in [2.45, 2.75) is 20.3 Å². The molecule has 0 aliphatic heterocycles. The third kappa shape index (κ3) is 2.50. The van der Waals surface area contributed by atoms with Gasteiger partial charge in [0.2, 0.25) is 17.7 Å². The first-order chi connectivity index (χ1) is 8.25. The third-order valence-electron chi connectivity index (χ3n) is 2.58. The molecule has 0 aliphatic rings. The van der Waals surface area contributed by atoms with E-state index >= 15 is 0 Å². The second-order valence-corrected chi connectivity index (χ2v) is 3.90. The van der Waals surface area contributed by atoms with E-state index in [4.69, 9.17) is 15.9 Å². The van der Waals surface area contributed by atoms with Crippen molar-refractivity contribution < 1.29 is 18.8 Å². The molecule has 1 heterocycles. The number of imide groups is 1. The summed E-state index contributed by atoms with van der Waals surface area (Å²) in [5, 5.41) is 0. The molecule has 4 N–H and O–H groups in total. The Morgan fingerprint density at radius 3 is 2.33 bits per heavy atom. The zero-order chi connectivity index (χ0) is 14.0. The molecule has 0 bridgehead atoms. The number of nitrogens with zero attached hydrogens (tertiary/aromatic N) is 1. The Kier molecular flexibility index (Phi) is 3.75. The number of hydrogen-bond donors (Lipinski definition) is 2. The lowest BCUT2D eigenvalue weighted by atomic mass is 10.1. The molecule has 0 saturated heterocycles. The van der Waals surface area contributed by atoms with Gasteiger partial charge in [0, 0.05) is 19.5 Å². The Labute approximate surface area is 104 Å². The molecule has 0 aliphatic carbocycles. The van der Waals surface area contributed by atoms with Crippen LogP contribution < -0.4 is 11.5 Å². The van der Waals surface area contributed by atoms with E-state index in [0.29, 0.717) is 11.3 Å². The van der Waals surface area contributed by atoms with Crippen molar-refractivity contribution in [2.75, 3.05) is 12.8 Å². The molecule has 0 radical (unpaired) electrons. The van der Waals surface area contributed by atoms with Crippen LogP contribution in [0.3, 0.4) is 0 Å². The summed E-state index contributed by atoms with van der Waals surface area (Å²) >= 11 is 0. The SMILES string of the molecule is CC(=O)N(C)C(=O)c1c(N)oc(C)c1CC(N)=O. The van der Waals surface area contributed by atoms with Crippen molar-refractivity contribution in [3.05, 3.63) is 16.9 Å². The number of rotatable bonds is 3. The van der Waals surface area contributed by atoms with Gasteiger partial charge in [-0.3, -0.25) is 19.3 Å². The Hall–Kier alpha value is -2.31. The molecule has 0 aromatic carbocycles. The highest BCUT2D eigenvalue weighted by Crippen LogP contribution is 2.26. The lowest BCUT2D eigenvalue weighted by molar-refractivity contribution is -0.125. The number of primary amides is 1. The summed E-state index contributed by atoms with van der Waals surface area (Å²) in [6.07, 6.45) is -0.167. The van der Waals surface area contributed by atoms with Gasteiger partial charge in [-0.15, -0.1) is 0 Å². The minimum absolute atomic E-state index is 0.0176. The molecule has 0 unspecified atom stereocenters. The van der Waals surface area contributed by atoms with Crippen molar-refractivity contribution in [1.82, 2.24) is 4.90 Å². The molecule has 7 heteroatoms. The summed E-state index contributed by atoms with van der Waals surface area (Å²) in [5.41, 5.74) is 11.0. The fourth-order valence-electron chi connectivity index (χ4n) is 1.53. The predicted octanol–water partition coefficient (Wildman–Crippen LogP) is -0.183. The van der Waals surface area contributed by atoms with Crippen LogP contribution in [0.15, 0.2) is 4.42 Å². The number of aryl methyl sites for hydroxylation is 1. The molecule has 1 rings (SSSR count). The minimum Gasteiger partial charge on any atom is -0.445 e. The number of anilines is 1. The second-order valence-electron chi connectivity index (χ2n) is 3.90. The first-order valence-corrected chi connectivity index (χ1v) is 5.20. The number of carbonyl (C=O) groups is 3. The first kappa shape index (κ1) is 13.8. The monoisotopic (exact) mass is 253 g/mol. The molecule has 0 spiro atoms. The predicted molar refractivity (Wildman–Crippen MR) is 63.5 cm³/mol. The minimum atomic E-state index is -0.617. The van der Waals surface area contributed by atoms with Gasteiger partial charge in [0.25, 0.3) is 5.91 Å². The zero-order valence-electron chi connectivity index (χ0n) is 10.4. The Morgan fingerprint density at radius 1 is 1.33 bits per heavy atom. The van der Waals surface area contributed by atoms with E-state index in [-0.39, 0.29) is 17.9 Å². The van der Waals surface area contributed by atoms with Crippen LogP contribution in [0.4, 0.5) is 5.88 Å². The maximum Gasteiger partial charge on any atom is 0.266 e. The fourth-order valence-corrected chi connectivity index (χ4v) is 1.53. The number of amides is 3. The van der Waals surface area contributed by atoms with Gasteiger partial charge in [-0.2, -0.15) is 0 Å². The van der Waals surface area contributed by atoms with Gasteiger partial charge >= 0.3 is 0 Å². The molecule has 7 nitrogen and oxygen atoms in total. The maximum atomic E-state index is 12.0. The van der Waals surface area contributed by atoms with E-state index in [1.807, 2.05) is 0 Å². The number of furan rings is 1. The van der Waals surface area contributed by atoms with E-state index in [9.17, 15) is 14.4 Å². The lowest BCUT2D eigenvalue weighted by Gasteiger charge is -2.13. The van der Waals surface area contributed by atoms with Crippen molar-refractivity contribution in [3.63, 3.8) is 0 Å². The molecule has 1 aromatic heterocycles. The van der Waals surface area contributed by atoms with Gasteiger partial charge in [-0.1, -0.05) is 0 Å². The van der Waals surface area contributed by atoms with Gasteiger partial charge in [-0.25, -0.2) is 0 Å². The topological polar surface area (TPSA) is 120 Å². The Bertz CT molecular complexity index is 519. The van der Waals surface area contributed by atoms with Crippen molar-refractivity contribution >= 4 is 23.6 Å². The largest absolute Gasteiger partial charge is 0.445 e. The van der Waals surface area contributed by atoms with Crippen molar-refractivity contribution in [2.24, 2.45) is 5.73 Å². The van der Waals surface area contributed by atoms with Gasteiger partial charge < -0.3 is 15.9 Å². The summed E-state index contributed by atoms with van der Waals surface area (Å²) in [6, 6.07) is 0. The fraction of sp³-hybridized carbons (Fsp3) is 0.364. The van der Waals surface area contributed by atoms with Crippen LogP contribution in [-0.4, -0.2) is 29.7 Å². The van der Waals surface area contributed by atoms with Gasteiger partial charge in [0.15, 0.2) is 0 Å². The highest BCUT2D eigenvalue weighted by molar-refractivity contribution is 6.08. The third-order valence-corrected chi connectivity index (χ3v) is 2.58. The lowest BCUT2D eigenvalue weighted by Crippen LogP contribution is -2.32. The van der Waals surface area contributed by atoms with Crippen molar-refractivity contribution in [3.8, 4) is 0 Å². The number of nitrogens with two attached hydrogens (primary N) is 2. The zero-order valence-corrected chi connectivity index (χ0v) is 10.4. The van der Waals surface area contributed by atoms with E-state index in [2.05, 4.69) is 0 Å². The Balaban J connectivity index is 3.26. The van der Waals surface area contributed by atoms with E-state index in [0.717, 1.165) is 4.90 Å². The van der Waals surface area contributed by atoms with Crippen LogP contribution in [-0.2, 0) is 16.0 Å². The van der Waals surface area contributed by atoms with Gasteiger partial charge in [-0.05, 0) is 6.92 Å². The average molecular weight is 253 g/mol. The van der Waals surface area contributed by atoms with Gasteiger partial charge in [0.1, 0.15) is 11.3 Å². The van der Waals surface area contributed by atoms with Crippen LogP contribution in [0.25, 0.3) is 0 Å². The van der Waals surface area contributed by atoms with Crippen molar-refractivity contribution in [1.29, 1.82) is 0 Å². The standard InChI is InChI=1S/C11H15N3O4/c1-5-7(4-8(12)16)9(10(13)18-5)11(17)14(3)6(2)15/h4,13H2,1-3H3,(H2,12,16). The Morgan fingerprint density at radius 2 is 1.89 bits per heavy atom. The van der Waals surface area contributed by atoms with Gasteiger partial charge in [0.05, 0.1) is 6.42 Å². The summed E-state index contributed by atoms with van der Waals surface area (Å²) in [7, 11) is 1.32. The normalized spacial score (nSPS) is 10.2. The molecule has 0 saturated carbocycles. The molecule has 0 fully saturated rings. The molecule has 98 valence electrons. The summed E-state index contributed by atoms with van der Waals surface area (Å²) in [5.74, 6) is -1.46. The summed E-state index contributed by atoms with van der Waals surface area (Å²) < 4.78 is 5.11. The van der Waals surface area contributed by atoms with Crippen LogP contribution in [0.2, 0.25) is 0 Å². The average Bonchev–Trinajstić information content (AvgIpc) is 2.51. The number of hydrogen-bond acceptors (Lipinski definition) is 5. The highest BCUT2D eigenvalue weighted by atomic mass is 16.4. The molecule has 3 amide bonds. The summed E-state index contributed by atoms with van der Waals surface area (Å²) in [4.78, 5) is 35.0. The number of nitrogen functional groups attached to an aromatic ring is 1. The smallest absolute Gasteiger partial charge is 0.266 e. The van der Waals surface area contributed by atoms with Crippen LogP contribution >= 0.6 is 0 Å². The van der Waals surface area contributed by atoms with Crippen LogP contribution in [0, 0.1) is 6.92 Å². The first-order valence-electron chi connectivity index (χ1n) is 5.20. The second kappa shape index (κ2) is 4.91. The van der Waals surface area contributed by atoms with E-state index < -0.39 is 17.7 Å². The molecular formula is C11H15N3O4. The van der Waals surface area contributed by atoms with Crippen LogP contribution in [0.1, 0.15) is 28.6 Å². The molecule has 18 heavy (non-hydrogen) atoms. The van der Waals surface area contributed by atoms with E-state index in [1.165, 1.54) is 14.0 Å². The number of carbonyl (C=O) groups excluding carboxylic acids is 3. The molecule has 1 aromatic rings. The summed E-state index contributed by atoms with van der Waals surface area (Å²) in [6.45, 7) is 2.81. The maximum absolute atomic E-state index is 12.0. The molecular weight excluding hydrogens is 238 g/mol. The van der Waals surface area contributed by atoms with E-state index in [1.54, 1.807) is 6.92 Å². The quantitative estimate of drug-likeness (QED) is 0.774.